The topological polar surface area (TPSA) is 54.0 Å². The predicted molar refractivity (Wildman–Crippen MR) is 44.7 cm³/mol. The van der Waals surface area contributed by atoms with Crippen LogP contribution in [0.4, 0.5) is 0 Å². The van der Waals surface area contributed by atoms with E-state index in [4.69, 9.17) is 4.74 Å². The van der Waals surface area contributed by atoms with Crippen molar-refractivity contribution >= 4 is 0 Å². The van der Waals surface area contributed by atoms with Crippen LogP contribution in [0, 0.1) is 0 Å². The summed E-state index contributed by atoms with van der Waals surface area (Å²) < 4.78 is 5.10. The van der Waals surface area contributed by atoms with E-state index in [1.807, 2.05) is 0 Å². The van der Waals surface area contributed by atoms with E-state index in [-0.39, 0.29) is 0 Å². The van der Waals surface area contributed by atoms with Crippen LogP contribution in [0.1, 0.15) is 0 Å². The molecular formula is C7H14N4O. The molecule has 68 valence electrons. The summed E-state index contributed by atoms with van der Waals surface area (Å²) in [7, 11) is 2.11. The first-order valence-electron chi connectivity index (χ1n) is 3.95. The normalized spacial score (nSPS) is 18.1. The second-order valence-corrected chi connectivity index (χ2v) is 2.57. The van der Waals surface area contributed by atoms with Gasteiger partial charge in [0.05, 0.1) is 13.2 Å². The first-order chi connectivity index (χ1) is 5.89. The van der Waals surface area contributed by atoms with Crippen molar-refractivity contribution in [3.05, 3.63) is 12.7 Å². The van der Waals surface area contributed by atoms with E-state index in [1.54, 1.807) is 0 Å². The van der Waals surface area contributed by atoms with Crippen LogP contribution in [-0.2, 0) is 4.74 Å². The Balaban J connectivity index is 0.000000127. The predicted octanol–water partition coefficient (Wildman–Crippen LogP) is -0.247. The van der Waals surface area contributed by atoms with Gasteiger partial charge in [0.25, 0.3) is 0 Å². The SMILES string of the molecule is CN1CCOCC1.c1nnc[nH]1. The number of likely N-dealkylation sites (N-methyl/N-ethyl adjacent to an activating group) is 1. The number of morpholine rings is 1. The Hall–Kier alpha value is -0.940. The maximum Gasteiger partial charge on any atom is 0.116 e. The van der Waals surface area contributed by atoms with E-state index in [9.17, 15) is 0 Å². The summed E-state index contributed by atoms with van der Waals surface area (Å²) in [6, 6.07) is 0. The highest BCUT2D eigenvalue weighted by molar-refractivity contribution is 4.53. The van der Waals surface area contributed by atoms with Crippen molar-refractivity contribution in [2.24, 2.45) is 0 Å². The van der Waals surface area contributed by atoms with Crippen molar-refractivity contribution in [1.82, 2.24) is 20.1 Å². The quantitative estimate of drug-likeness (QED) is 0.583. The molecule has 0 unspecified atom stereocenters. The molecule has 1 saturated heterocycles. The summed E-state index contributed by atoms with van der Waals surface area (Å²) in [6.07, 6.45) is 3.03. The van der Waals surface area contributed by atoms with E-state index in [1.165, 1.54) is 12.7 Å². The number of rotatable bonds is 0. The average molecular weight is 170 g/mol. The zero-order valence-electron chi connectivity index (χ0n) is 7.23. The first-order valence-corrected chi connectivity index (χ1v) is 3.95. The molecule has 5 nitrogen and oxygen atoms in total. The summed E-state index contributed by atoms with van der Waals surface area (Å²) in [5.41, 5.74) is 0. The summed E-state index contributed by atoms with van der Waals surface area (Å²) in [5.74, 6) is 0. The van der Waals surface area contributed by atoms with Crippen molar-refractivity contribution in [2.75, 3.05) is 33.4 Å². The number of hydrogen-bond acceptors (Lipinski definition) is 4. The van der Waals surface area contributed by atoms with Crippen molar-refractivity contribution in [1.29, 1.82) is 0 Å². The van der Waals surface area contributed by atoms with Gasteiger partial charge in [-0.15, -0.1) is 10.2 Å². The van der Waals surface area contributed by atoms with Crippen LogP contribution in [0.15, 0.2) is 12.7 Å². The number of nitrogens with one attached hydrogen (secondary N) is 1. The van der Waals surface area contributed by atoms with Crippen molar-refractivity contribution in [2.45, 2.75) is 0 Å². The number of aromatic nitrogens is 3. The van der Waals surface area contributed by atoms with Crippen LogP contribution in [0.5, 0.6) is 0 Å². The first kappa shape index (κ1) is 9.15. The van der Waals surface area contributed by atoms with Gasteiger partial charge >= 0.3 is 0 Å². The Morgan fingerprint density at radius 1 is 1.25 bits per heavy atom. The zero-order chi connectivity index (χ0) is 8.65. The standard InChI is InChI=1S/C5H11NO.C2H3N3/c1-6-2-4-7-5-3-6;1-3-2-5-4-1/h2-5H2,1H3;1-2H,(H,3,4,5). The van der Waals surface area contributed by atoms with Crippen molar-refractivity contribution < 1.29 is 4.74 Å². The molecule has 0 bridgehead atoms. The minimum atomic E-state index is 0.913. The molecule has 0 radical (unpaired) electrons. The summed E-state index contributed by atoms with van der Waals surface area (Å²) in [6.45, 7) is 4.02. The second-order valence-electron chi connectivity index (χ2n) is 2.57. The molecule has 1 aliphatic rings. The Morgan fingerprint density at radius 3 is 2.08 bits per heavy atom. The zero-order valence-corrected chi connectivity index (χ0v) is 7.23. The smallest absolute Gasteiger partial charge is 0.116 e. The molecule has 0 aliphatic carbocycles. The van der Waals surface area contributed by atoms with Crippen LogP contribution < -0.4 is 0 Å². The number of nitrogens with zero attached hydrogens (tertiary/aromatic N) is 3. The van der Waals surface area contributed by atoms with Crippen LogP contribution in [0.3, 0.4) is 0 Å². The molecule has 1 fully saturated rings. The van der Waals surface area contributed by atoms with Gasteiger partial charge in [-0.25, -0.2) is 0 Å². The highest BCUT2D eigenvalue weighted by atomic mass is 16.5. The molecule has 2 heterocycles. The van der Waals surface area contributed by atoms with Gasteiger partial charge in [0.2, 0.25) is 0 Å². The molecule has 2 rings (SSSR count). The van der Waals surface area contributed by atoms with Gasteiger partial charge in [-0.2, -0.15) is 0 Å². The number of H-pyrrole nitrogens is 1. The molecular weight excluding hydrogens is 156 g/mol. The lowest BCUT2D eigenvalue weighted by Gasteiger charge is -2.21. The number of aromatic amines is 1. The summed E-state index contributed by atoms with van der Waals surface area (Å²) in [4.78, 5) is 4.91. The van der Waals surface area contributed by atoms with Gasteiger partial charge in [-0.1, -0.05) is 0 Å². The van der Waals surface area contributed by atoms with Gasteiger partial charge in [0.1, 0.15) is 12.7 Å². The molecule has 0 amide bonds. The monoisotopic (exact) mass is 170 g/mol. The fourth-order valence-electron chi connectivity index (χ4n) is 0.821. The minimum absolute atomic E-state index is 0.913. The van der Waals surface area contributed by atoms with Gasteiger partial charge in [0, 0.05) is 13.1 Å². The summed E-state index contributed by atoms with van der Waals surface area (Å²) in [5, 5.41) is 6.83. The van der Waals surface area contributed by atoms with Crippen molar-refractivity contribution in [3.63, 3.8) is 0 Å². The molecule has 12 heavy (non-hydrogen) atoms. The van der Waals surface area contributed by atoms with Gasteiger partial charge in [0.15, 0.2) is 0 Å². The lowest BCUT2D eigenvalue weighted by atomic mass is 10.5. The Kier molecular flexibility index (Phi) is 4.33. The molecule has 1 aromatic rings. The third-order valence-corrected chi connectivity index (χ3v) is 1.57. The lowest BCUT2D eigenvalue weighted by molar-refractivity contribution is 0.0503. The Labute approximate surface area is 71.7 Å². The maximum atomic E-state index is 5.10. The largest absolute Gasteiger partial charge is 0.379 e. The van der Waals surface area contributed by atoms with Gasteiger partial charge in [-0.3, -0.25) is 0 Å². The highest BCUT2D eigenvalue weighted by Gasteiger charge is 2.02. The van der Waals surface area contributed by atoms with E-state index in [0.29, 0.717) is 0 Å². The Morgan fingerprint density at radius 2 is 1.83 bits per heavy atom. The number of hydrogen-bond donors (Lipinski definition) is 1. The van der Waals surface area contributed by atoms with E-state index in [0.717, 1.165) is 26.3 Å². The third kappa shape index (κ3) is 4.05. The molecule has 0 atom stereocenters. The third-order valence-electron chi connectivity index (χ3n) is 1.57. The van der Waals surface area contributed by atoms with Crippen LogP contribution in [0.2, 0.25) is 0 Å². The van der Waals surface area contributed by atoms with Crippen LogP contribution in [0.25, 0.3) is 0 Å². The van der Waals surface area contributed by atoms with Gasteiger partial charge < -0.3 is 14.6 Å². The van der Waals surface area contributed by atoms with E-state index < -0.39 is 0 Å². The molecule has 0 saturated carbocycles. The fraction of sp³-hybridized carbons (Fsp3) is 0.714. The second kappa shape index (κ2) is 5.68. The molecule has 5 heteroatoms. The summed E-state index contributed by atoms with van der Waals surface area (Å²) >= 11 is 0. The van der Waals surface area contributed by atoms with Crippen molar-refractivity contribution in [3.8, 4) is 0 Å². The maximum absolute atomic E-state index is 5.10. The molecule has 1 aromatic heterocycles. The molecule has 0 aromatic carbocycles. The number of ether oxygens (including phenoxy) is 1. The molecule has 1 N–H and O–H groups in total. The fourth-order valence-corrected chi connectivity index (χ4v) is 0.821. The van der Waals surface area contributed by atoms with Gasteiger partial charge in [-0.05, 0) is 7.05 Å². The average Bonchev–Trinajstić information content (AvgIpc) is 2.62. The van der Waals surface area contributed by atoms with E-state index in [2.05, 4.69) is 27.1 Å². The van der Waals surface area contributed by atoms with Crippen LogP contribution in [-0.4, -0.2) is 53.4 Å². The molecule has 1 aliphatic heterocycles. The molecule has 0 spiro atoms. The van der Waals surface area contributed by atoms with Crippen LogP contribution >= 0.6 is 0 Å². The van der Waals surface area contributed by atoms with E-state index >= 15 is 0 Å². The highest BCUT2D eigenvalue weighted by Crippen LogP contribution is 1.89. The lowest BCUT2D eigenvalue weighted by Crippen LogP contribution is -2.32. The Bertz CT molecular complexity index is 154. The minimum Gasteiger partial charge on any atom is -0.379 e.